The van der Waals surface area contributed by atoms with Gasteiger partial charge in [0.2, 0.25) is 0 Å². The highest BCUT2D eigenvalue weighted by atomic mass is 35.5. The van der Waals surface area contributed by atoms with Gasteiger partial charge in [0.25, 0.3) is 0 Å². The molecule has 2 aromatic rings. The molecule has 0 aliphatic heterocycles. The van der Waals surface area contributed by atoms with Crippen LogP contribution in [0.25, 0.3) is 0 Å². The molecule has 2 aromatic carbocycles. The van der Waals surface area contributed by atoms with Gasteiger partial charge in [0, 0.05) is 16.3 Å². The van der Waals surface area contributed by atoms with Crippen molar-refractivity contribution in [3.8, 4) is 0 Å². The Bertz CT molecular complexity index is 659. The molecule has 0 atom stereocenters. The highest BCUT2D eigenvalue weighted by Gasteiger charge is 2.30. The molecule has 2 N–H and O–H groups in total. The minimum absolute atomic E-state index is 0.106. The van der Waals surface area contributed by atoms with Crippen LogP contribution in [-0.2, 0) is 11.9 Å². The summed E-state index contributed by atoms with van der Waals surface area (Å²) in [7, 11) is 0. The molecular formula is C14H10Cl2F3NS. The maximum absolute atomic E-state index is 12.5. The number of benzene rings is 2. The lowest BCUT2D eigenvalue weighted by Gasteiger charge is -2.10. The number of anilines is 1. The first-order valence-electron chi connectivity index (χ1n) is 5.81. The van der Waals surface area contributed by atoms with Crippen molar-refractivity contribution >= 4 is 40.7 Å². The van der Waals surface area contributed by atoms with Gasteiger partial charge in [-0.25, -0.2) is 0 Å². The average Bonchev–Trinajstić information content (AvgIpc) is 2.40. The van der Waals surface area contributed by atoms with Crippen LogP contribution < -0.4 is 5.73 Å². The lowest BCUT2D eigenvalue weighted by Crippen LogP contribution is -2.05. The summed E-state index contributed by atoms with van der Waals surface area (Å²) in [6.07, 6.45) is -4.39. The minimum atomic E-state index is -4.39. The number of hydrogen-bond acceptors (Lipinski definition) is 2. The Morgan fingerprint density at radius 3 is 2.29 bits per heavy atom. The third-order valence-corrected chi connectivity index (χ3v) is 4.61. The maximum atomic E-state index is 12.5. The van der Waals surface area contributed by atoms with Crippen LogP contribution in [0, 0.1) is 0 Å². The Morgan fingerprint density at radius 2 is 1.71 bits per heavy atom. The second-order valence-electron chi connectivity index (χ2n) is 4.29. The third kappa shape index (κ3) is 4.22. The summed E-state index contributed by atoms with van der Waals surface area (Å²) in [5.41, 5.74) is 5.93. The quantitative estimate of drug-likeness (QED) is 0.551. The standard InChI is InChI=1S/C14H10Cl2F3NS/c15-10-3-1-8(5-11(10)16)7-21-13-4-2-9(6-12(13)20)14(17,18)19/h1-6H,7,20H2. The molecule has 0 aliphatic carbocycles. The predicted molar refractivity (Wildman–Crippen MR) is 81.9 cm³/mol. The number of halogens is 5. The molecule has 0 aromatic heterocycles. The predicted octanol–water partition coefficient (Wildman–Crippen LogP) is 5.89. The van der Waals surface area contributed by atoms with Gasteiger partial charge in [0.1, 0.15) is 0 Å². The van der Waals surface area contributed by atoms with Gasteiger partial charge < -0.3 is 5.73 Å². The molecule has 0 bridgehead atoms. The summed E-state index contributed by atoms with van der Waals surface area (Å²) >= 11 is 13.1. The fourth-order valence-electron chi connectivity index (χ4n) is 1.65. The molecule has 112 valence electrons. The summed E-state index contributed by atoms with van der Waals surface area (Å²) in [5, 5.41) is 0.898. The van der Waals surface area contributed by atoms with E-state index >= 15 is 0 Å². The highest BCUT2D eigenvalue weighted by Crippen LogP contribution is 2.35. The van der Waals surface area contributed by atoms with Crippen LogP contribution in [0.4, 0.5) is 18.9 Å². The Labute approximate surface area is 134 Å². The normalized spacial score (nSPS) is 11.7. The van der Waals surface area contributed by atoms with Gasteiger partial charge in [0.05, 0.1) is 15.6 Å². The van der Waals surface area contributed by atoms with E-state index in [0.29, 0.717) is 20.7 Å². The molecule has 0 saturated heterocycles. The summed E-state index contributed by atoms with van der Waals surface area (Å²) in [5.74, 6) is 0.534. The fourth-order valence-corrected chi connectivity index (χ4v) is 2.86. The van der Waals surface area contributed by atoms with Crippen molar-refractivity contribution in [2.45, 2.75) is 16.8 Å². The zero-order valence-electron chi connectivity index (χ0n) is 10.5. The molecule has 0 spiro atoms. The first-order chi connectivity index (χ1) is 9.77. The van der Waals surface area contributed by atoms with Gasteiger partial charge in [-0.05, 0) is 35.9 Å². The summed E-state index contributed by atoms with van der Waals surface area (Å²) in [4.78, 5) is 0.592. The summed E-state index contributed by atoms with van der Waals surface area (Å²) in [6, 6.07) is 8.54. The van der Waals surface area contributed by atoms with Gasteiger partial charge in [-0.2, -0.15) is 13.2 Å². The Kier molecular flexibility index (Phi) is 4.96. The van der Waals surface area contributed by atoms with Crippen molar-refractivity contribution < 1.29 is 13.2 Å². The van der Waals surface area contributed by atoms with Gasteiger partial charge >= 0.3 is 6.18 Å². The highest BCUT2D eigenvalue weighted by molar-refractivity contribution is 7.98. The van der Waals surface area contributed by atoms with Crippen molar-refractivity contribution in [1.29, 1.82) is 0 Å². The molecule has 0 amide bonds. The van der Waals surface area contributed by atoms with E-state index < -0.39 is 11.7 Å². The Balaban J connectivity index is 2.11. The molecule has 0 heterocycles. The second-order valence-corrected chi connectivity index (χ2v) is 6.12. The number of thioether (sulfide) groups is 1. The zero-order chi connectivity index (χ0) is 15.6. The molecule has 2 rings (SSSR count). The molecule has 1 nitrogen and oxygen atoms in total. The Morgan fingerprint density at radius 1 is 1.00 bits per heavy atom. The molecule has 0 saturated carbocycles. The Hall–Kier alpha value is -1.04. The molecule has 0 radical (unpaired) electrons. The number of hydrogen-bond donors (Lipinski definition) is 1. The van der Waals surface area contributed by atoms with Crippen molar-refractivity contribution in [3.05, 3.63) is 57.6 Å². The van der Waals surface area contributed by atoms with E-state index in [1.807, 2.05) is 6.07 Å². The van der Waals surface area contributed by atoms with Crippen LogP contribution in [0.3, 0.4) is 0 Å². The van der Waals surface area contributed by atoms with Gasteiger partial charge in [-0.1, -0.05) is 29.3 Å². The third-order valence-electron chi connectivity index (χ3n) is 2.72. The molecule has 0 unspecified atom stereocenters. The van der Waals surface area contributed by atoms with Gasteiger partial charge in [0.15, 0.2) is 0 Å². The van der Waals surface area contributed by atoms with Crippen LogP contribution in [0.2, 0.25) is 10.0 Å². The van der Waals surface area contributed by atoms with Crippen molar-refractivity contribution in [2.75, 3.05) is 5.73 Å². The zero-order valence-corrected chi connectivity index (χ0v) is 12.9. The fraction of sp³-hybridized carbons (Fsp3) is 0.143. The van der Waals surface area contributed by atoms with Crippen molar-refractivity contribution in [2.24, 2.45) is 0 Å². The maximum Gasteiger partial charge on any atom is 0.416 e. The second kappa shape index (κ2) is 6.38. The van der Waals surface area contributed by atoms with Crippen LogP contribution in [0.5, 0.6) is 0 Å². The molecule has 21 heavy (non-hydrogen) atoms. The smallest absolute Gasteiger partial charge is 0.398 e. The van der Waals surface area contributed by atoms with E-state index in [0.717, 1.165) is 17.7 Å². The van der Waals surface area contributed by atoms with E-state index in [1.54, 1.807) is 12.1 Å². The average molecular weight is 352 g/mol. The first kappa shape index (κ1) is 16.3. The van der Waals surface area contributed by atoms with Gasteiger partial charge in [-0.3, -0.25) is 0 Å². The molecule has 0 fully saturated rings. The van der Waals surface area contributed by atoms with E-state index in [9.17, 15) is 13.2 Å². The lowest BCUT2D eigenvalue weighted by molar-refractivity contribution is -0.137. The van der Waals surface area contributed by atoms with E-state index in [-0.39, 0.29) is 5.69 Å². The number of nitrogens with two attached hydrogens (primary N) is 1. The van der Waals surface area contributed by atoms with E-state index in [2.05, 4.69) is 0 Å². The largest absolute Gasteiger partial charge is 0.416 e. The van der Waals surface area contributed by atoms with Crippen LogP contribution in [-0.4, -0.2) is 0 Å². The summed E-state index contributed by atoms with van der Waals surface area (Å²) < 4.78 is 37.6. The van der Waals surface area contributed by atoms with E-state index in [4.69, 9.17) is 28.9 Å². The summed E-state index contributed by atoms with van der Waals surface area (Å²) in [6.45, 7) is 0. The molecule has 7 heteroatoms. The monoisotopic (exact) mass is 351 g/mol. The number of alkyl halides is 3. The lowest BCUT2D eigenvalue weighted by atomic mass is 10.2. The molecule has 0 aliphatic rings. The molecular weight excluding hydrogens is 342 g/mol. The first-order valence-corrected chi connectivity index (χ1v) is 7.55. The number of rotatable bonds is 3. The van der Waals surface area contributed by atoms with Crippen molar-refractivity contribution in [3.63, 3.8) is 0 Å². The van der Waals surface area contributed by atoms with E-state index in [1.165, 1.54) is 17.8 Å². The SMILES string of the molecule is Nc1cc(C(F)(F)F)ccc1SCc1ccc(Cl)c(Cl)c1. The minimum Gasteiger partial charge on any atom is -0.398 e. The van der Waals surface area contributed by atoms with Gasteiger partial charge in [-0.15, -0.1) is 11.8 Å². The topological polar surface area (TPSA) is 26.0 Å². The van der Waals surface area contributed by atoms with Crippen LogP contribution >= 0.6 is 35.0 Å². The van der Waals surface area contributed by atoms with Crippen LogP contribution in [0.15, 0.2) is 41.3 Å². The number of nitrogen functional groups attached to an aromatic ring is 1. The van der Waals surface area contributed by atoms with Crippen molar-refractivity contribution in [1.82, 2.24) is 0 Å². The van der Waals surface area contributed by atoms with Crippen LogP contribution in [0.1, 0.15) is 11.1 Å².